The monoisotopic (exact) mass is 293 g/mol. The van der Waals surface area contributed by atoms with Crippen molar-refractivity contribution in [2.45, 2.75) is 19.4 Å². The van der Waals surface area contributed by atoms with E-state index in [1.54, 1.807) is 0 Å². The average molecular weight is 293 g/mol. The van der Waals surface area contributed by atoms with Crippen molar-refractivity contribution in [1.29, 1.82) is 0 Å². The molecule has 1 heterocycles. The Morgan fingerprint density at radius 1 is 1.20 bits per heavy atom. The van der Waals surface area contributed by atoms with Gasteiger partial charge in [0.2, 0.25) is 5.91 Å². The highest BCUT2D eigenvalue weighted by Gasteiger charge is 2.10. The van der Waals surface area contributed by atoms with Crippen molar-refractivity contribution in [3.8, 4) is 0 Å². The molecule has 1 saturated heterocycles. The second kappa shape index (κ2) is 9.00. The third-order valence-electron chi connectivity index (χ3n) is 3.35. The molecule has 0 aliphatic carbocycles. The first-order chi connectivity index (χ1) is 9.84. The Labute approximate surface area is 125 Å². The molecule has 1 fully saturated rings. The van der Waals surface area contributed by atoms with Gasteiger partial charge in [0.05, 0.1) is 0 Å². The molecule has 0 unspecified atom stereocenters. The Morgan fingerprint density at radius 2 is 1.95 bits per heavy atom. The molecule has 2 N–H and O–H groups in total. The molecule has 0 radical (unpaired) electrons. The Morgan fingerprint density at radius 3 is 2.70 bits per heavy atom. The van der Waals surface area contributed by atoms with Gasteiger partial charge in [-0.3, -0.25) is 10.2 Å². The second-order valence-electron chi connectivity index (χ2n) is 4.94. The Kier molecular flexibility index (Phi) is 6.91. The third kappa shape index (κ3) is 5.94. The summed E-state index contributed by atoms with van der Waals surface area (Å²) >= 11 is 2.02. The number of amides is 1. The lowest BCUT2D eigenvalue weighted by Gasteiger charge is -2.25. The van der Waals surface area contributed by atoms with Crippen LogP contribution in [0.3, 0.4) is 0 Å². The number of hydrazine groups is 1. The zero-order chi connectivity index (χ0) is 14.0. The Balaban J connectivity index is 1.52. The number of hydrogen-bond acceptors (Lipinski definition) is 4. The molecule has 4 nitrogen and oxygen atoms in total. The van der Waals surface area contributed by atoms with E-state index in [4.69, 9.17) is 0 Å². The molecule has 1 aliphatic rings. The molecule has 0 bridgehead atoms. The van der Waals surface area contributed by atoms with E-state index in [0.29, 0.717) is 13.0 Å². The SMILES string of the molecule is O=C(CCCN1CCSCC1)NNCc1ccccc1. The smallest absolute Gasteiger partial charge is 0.234 e. The van der Waals surface area contributed by atoms with E-state index in [0.717, 1.165) is 13.0 Å². The molecule has 1 aliphatic heterocycles. The first-order valence-corrected chi connectivity index (χ1v) is 8.36. The summed E-state index contributed by atoms with van der Waals surface area (Å²) in [5, 5.41) is 0. The van der Waals surface area contributed by atoms with Crippen molar-refractivity contribution >= 4 is 17.7 Å². The lowest BCUT2D eigenvalue weighted by molar-refractivity contribution is -0.122. The average Bonchev–Trinajstić information content (AvgIpc) is 2.49. The molecule has 5 heteroatoms. The van der Waals surface area contributed by atoms with E-state index < -0.39 is 0 Å². The van der Waals surface area contributed by atoms with E-state index in [1.807, 2.05) is 42.1 Å². The number of benzene rings is 1. The van der Waals surface area contributed by atoms with Gasteiger partial charge in [-0.15, -0.1) is 0 Å². The van der Waals surface area contributed by atoms with E-state index in [-0.39, 0.29) is 5.91 Å². The summed E-state index contributed by atoms with van der Waals surface area (Å²) in [6, 6.07) is 10.0. The zero-order valence-corrected chi connectivity index (χ0v) is 12.6. The summed E-state index contributed by atoms with van der Waals surface area (Å²) in [5.41, 5.74) is 6.90. The van der Waals surface area contributed by atoms with Crippen LogP contribution in [-0.4, -0.2) is 41.9 Å². The normalized spacial score (nSPS) is 16.0. The van der Waals surface area contributed by atoms with Crippen LogP contribution in [0.2, 0.25) is 0 Å². The number of nitrogens with one attached hydrogen (secondary N) is 2. The number of carbonyl (C=O) groups excluding carboxylic acids is 1. The van der Waals surface area contributed by atoms with Crippen molar-refractivity contribution < 1.29 is 4.79 Å². The zero-order valence-electron chi connectivity index (χ0n) is 11.8. The molecule has 1 amide bonds. The van der Waals surface area contributed by atoms with Crippen LogP contribution in [0.15, 0.2) is 30.3 Å². The van der Waals surface area contributed by atoms with Crippen LogP contribution in [-0.2, 0) is 11.3 Å². The molecular weight excluding hydrogens is 270 g/mol. The maximum atomic E-state index is 11.7. The molecule has 0 spiro atoms. The summed E-state index contributed by atoms with van der Waals surface area (Å²) in [7, 11) is 0. The van der Waals surface area contributed by atoms with Gasteiger partial charge >= 0.3 is 0 Å². The van der Waals surface area contributed by atoms with Gasteiger partial charge in [0.1, 0.15) is 0 Å². The van der Waals surface area contributed by atoms with Crippen LogP contribution < -0.4 is 10.9 Å². The highest BCUT2D eigenvalue weighted by atomic mass is 32.2. The minimum Gasteiger partial charge on any atom is -0.302 e. The van der Waals surface area contributed by atoms with Gasteiger partial charge in [0.15, 0.2) is 0 Å². The summed E-state index contributed by atoms with van der Waals surface area (Å²) in [6.45, 7) is 4.03. The highest BCUT2D eigenvalue weighted by molar-refractivity contribution is 7.99. The maximum Gasteiger partial charge on any atom is 0.234 e. The van der Waals surface area contributed by atoms with Crippen molar-refractivity contribution in [3.05, 3.63) is 35.9 Å². The van der Waals surface area contributed by atoms with E-state index >= 15 is 0 Å². The Hall–Kier alpha value is -1.04. The van der Waals surface area contributed by atoms with Crippen LogP contribution in [0.1, 0.15) is 18.4 Å². The number of thioether (sulfide) groups is 1. The molecule has 1 aromatic carbocycles. The predicted molar refractivity (Wildman–Crippen MR) is 84.4 cm³/mol. The van der Waals surface area contributed by atoms with Gasteiger partial charge in [-0.2, -0.15) is 11.8 Å². The fraction of sp³-hybridized carbons (Fsp3) is 0.533. The number of nitrogens with zero attached hydrogens (tertiary/aromatic N) is 1. The third-order valence-corrected chi connectivity index (χ3v) is 4.29. The first kappa shape index (κ1) is 15.4. The van der Waals surface area contributed by atoms with E-state index in [1.165, 1.54) is 30.2 Å². The van der Waals surface area contributed by atoms with E-state index in [9.17, 15) is 4.79 Å². The van der Waals surface area contributed by atoms with Gasteiger partial charge in [0, 0.05) is 37.6 Å². The second-order valence-corrected chi connectivity index (χ2v) is 6.17. The molecule has 110 valence electrons. The van der Waals surface area contributed by atoms with Gasteiger partial charge in [0.25, 0.3) is 0 Å². The fourth-order valence-electron chi connectivity index (χ4n) is 2.19. The molecule has 2 rings (SSSR count). The van der Waals surface area contributed by atoms with Crippen molar-refractivity contribution in [2.75, 3.05) is 31.1 Å². The maximum absolute atomic E-state index is 11.7. The minimum atomic E-state index is 0.0762. The van der Waals surface area contributed by atoms with Gasteiger partial charge in [-0.25, -0.2) is 5.43 Å². The summed E-state index contributed by atoms with van der Waals surface area (Å²) < 4.78 is 0. The standard InChI is InChI=1S/C15H23N3OS/c19-15(7-4-8-18-9-11-20-12-10-18)17-16-13-14-5-2-1-3-6-14/h1-3,5-6,16H,4,7-13H2,(H,17,19). The summed E-state index contributed by atoms with van der Waals surface area (Å²) in [4.78, 5) is 14.1. The van der Waals surface area contributed by atoms with Crippen molar-refractivity contribution in [1.82, 2.24) is 15.8 Å². The van der Waals surface area contributed by atoms with Crippen LogP contribution in [0, 0.1) is 0 Å². The minimum absolute atomic E-state index is 0.0762. The lowest BCUT2D eigenvalue weighted by Crippen LogP contribution is -2.38. The molecule has 0 atom stereocenters. The number of carbonyl (C=O) groups is 1. The van der Waals surface area contributed by atoms with Gasteiger partial charge in [-0.05, 0) is 18.5 Å². The summed E-state index contributed by atoms with van der Waals surface area (Å²) in [5.74, 6) is 2.53. The quantitative estimate of drug-likeness (QED) is 0.750. The molecule has 0 aromatic heterocycles. The molecule has 0 saturated carbocycles. The lowest BCUT2D eigenvalue weighted by atomic mass is 10.2. The van der Waals surface area contributed by atoms with Crippen LogP contribution in [0.5, 0.6) is 0 Å². The van der Waals surface area contributed by atoms with Gasteiger partial charge < -0.3 is 4.90 Å². The molecule has 20 heavy (non-hydrogen) atoms. The molecule has 1 aromatic rings. The highest BCUT2D eigenvalue weighted by Crippen LogP contribution is 2.09. The van der Waals surface area contributed by atoms with Crippen LogP contribution in [0.4, 0.5) is 0 Å². The van der Waals surface area contributed by atoms with Crippen molar-refractivity contribution in [2.24, 2.45) is 0 Å². The van der Waals surface area contributed by atoms with Crippen LogP contribution in [0.25, 0.3) is 0 Å². The van der Waals surface area contributed by atoms with E-state index in [2.05, 4.69) is 15.8 Å². The largest absolute Gasteiger partial charge is 0.302 e. The topological polar surface area (TPSA) is 44.4 Å². The summed E-state index contributed by atoms with van der Waals surface area (Å²) in [6.07, 6.45) is 1.52. The first-order valence-electron chi connectivity index (χ1n) is 7.20. The van der Waals surface area contributed by atoms with Gasteiger partial charge in [-0.1, -0.05) is 30.3 Å². The number of hydrogen-bond donors (Lipinski definition) is 2. The number of rotatable bonds is 7. The van der Waals surface area contributed by atoms with Crippen molar-refractivity contribution in [3.63, 3.8) is 0 Å². The molecular formula is C15H23N3OS. The Bertz CT molecular complexity index is 393. The predicted octanol–water partition coefficient (Wildman–Crippen LogP) is 1.64. The fourth-order valence-corrected chi connectivity index (χ4v) is 3.17. The van der Waals surface area contributed by atoms with Crippen LogP contribution >= 0.6 is 11.8 Å².